The standard InChI is InChI=1S/C25H45N3O/c1-21(2)24-18-26-28(20-24)19-23-13-16-27(17-14-23)15-11-9-7-5-6-8-10-12-25(29)22(3)4/h18,20-23H,5-17,19H2,1-4H3. The minimum Gasteiger partial charge on any atom is -0.303 e. The molecule has 2 rings (SSSR count). The Balaban J connectivity index is 1.44. The van der Waals surface area contributed by atoms with Gasteiger partial charge in [-0.25, -0.2) is 0 Å². The summed E-state index contributed by atoms with van der Waals surface area (Å²) in [6.07, 6.45) is 16.7. The van der Waals surface area contributed by atoms with Crippen molar-refractivity contribution < 1.29 is 4.79 Å². The minimum absolute atomic E-state index is 0.211. The lowest BCUT2D eigenvalue weighted by Crippen LogP contribution is -2.35. The topological polar surface area (TPSA) is 38.1 Å². The van der Waals surface area contributed by atoms with Crippen molar-refractivity contribution in [1.82, 2.24) is 14.7 Å². The van der Waals surface area contributed by atoms with Gasteiger partial charge in [0.25, 0.3) is 0 Å². The lowest BCUT2D eigenvalue weighted by Gasteiger charge is -2.31. The molecule has 1 saturated heterocycles. The molecule has 1 aliphatic rings. The molecule has 29 heavy (non-hydrogen) atoms. The quantitative estimate of drug-likeness (QED) is 0.354. The second-order valence-corrected chi connectivity index (χ2v) is 9.78. The molecule has 0 saturated carbocycles. The number of carbonyl (C=O) groups excluding carboxylic acids is 1. The van der Waals surface area contributed by atoms with E-state index in [1.807, 2.05) is 20.0 Å². The van der Waals surface area contributed by atoms with Crippen LogP contribution in [0.15, 0.2) is 12.4 Å². The van der Waals surface area contributed by atoms with Crippen LogP contribution in [0.2, 0.25) is 0 Å². The van der Waals surface area contributed by atoms with Gasteiger partial charge in [-0.05, 0) is 62.7 Å². The number of likely N-dealkylation sites (tertiary alicyclic amines) is 1. The molecule has 0 bridgehead atoms. The third-order valence-corrected chi connectivity index (χ3v) is 6.51. The number of unbranched alkanes of at least 4 members (excludes halogenated alkanes) is 6. The molecule has 166 valence electrons. The fourth-order valence-corrected chi connectivity index (χ4v) is 4.24. The van der Waals surface area contributed by atoms with Gasteiger partial charge in [0.05, 0.1) is 6.20 Å². The molecule has 0 amide bonds. The monoisotopic (exact) mass is 403 g/mol. The number of rotatable bonds is 14. The van der Waals surface area contributed by atoms with Gasteiger partial charge < -0.3 is 4.90 Å². The second kappa shape index (κ2) is 13.2. The van der Waals surface area contributed by atoms with Crippen LogP contribution in [0.25, 0.3) is 0 Å². The van der Waals surface area contributed by atoms with E-state index in [0.29, 0.717) is 11.7 Å². The zero-order chi connectivity index (χ0) is 21.1. The highest BCUT2D eigenvalue weighted by Crippen LogP contribution is 2.21. The van der Waals surface area contributed by atoms with Gasteiger partial charge in [0.2, 0.25) is 0 Å². The summed E-state index contributed by atoms with van der Waals surface area (Å²) in [7, 11) is 0. The van der Waals surface area contributed by atoms with Crippen molar-refractivity contribution in [2.45, 2.75) is 104 Å². The highest BCUT2D eigenvalue weighted by atomic mass is 16.1. The summed E-state index contributed by atoms with van der Waals surface area (Å²) >= 11 is 0. The zero-order valence-corrected chi connectivity index (χ0v) is 19.5. The highest BCUT2D eigenvalue weighted by Gasteiger charge is 2.19. The molecule has 0 radical (unpaired) electrons. The van der Waals surface area contributed by atoms with E-state index < -0.39 is 0 Å². The first-order chi connectivity index (χ1) is 14.0. The van der Waals surface area contributed by atoms with Crippen LogP contribution < -0.4 is 0 Å². The Kier molecular flexibility index (Phi) is 11.0. The Morgan fingerprint density at radius 2 is 1.62 bits per heavy atom. The van der Waals surface area contributed by atoms with E-state index in [-0.39, 0.29) is 5.92 Å². The predicted molar refractivity (Wildman–Crippen MR) is 122 cm³/mol. The fourth-order valence-electron chi connectivity index (χ4n) is 4.24. The largest absolute Gasteiger partial charge is 0.303 e. The number of hydrogen-bond acceptors (Lipinski definition) is 3. The van der Waals surface area contributed by atoms with Crippen molar-refractivity contribution in [1.29, 1.82) is 0 Å². The number of aromatic nitrogens is 2. The number of hydrogen-bond donors (Lipinski definition) is 0. The molecule has 1 aromatic rings. The van der Waals surface area contributed by atoms with Crippen LogP contribution in [0.1, 0.15) is 103 Å². The molecule has 0 aliphatic carbocycles. The Morgan fingerprint density at radius 3 is 2.21 bits per heavy atom. The van der Waals surface area contributed by atoms with E-state index in [1.54, 1.807) is 0 Å². The SMILES string of the molecule is CC(C)C(=O)CCCCCCCCCN1CCC(Cn2cc(C(C)C)cn2)CC1. The van der Waals surface area contributed by atoms with Gasteiger partial charge in [-0.15, -0.1) is 0 Å². The van der Waals surface area contributed by atoms with Gasteiger partial charge in [-0.1, -0.05) is 59.8 Å². The molecular weight excluding hydrogens is 358 g/mol. The Bertz CT molecular complexity index is 570. The molecule has 1 fully saturated rings. The van der Waals surface area contributed by atoms with E-state index in [0.717, 1.165) is 25.3 Å². The number of carbonyl (C=O) groups is 1. The molecular formula is C25H45N3O. The number of ketones is 1. The third kappa shape index (κ3) is 9.46. The normalized spacial score (nSPS) is 16.2. The number of nitrogens with zero attached hydrogens (tertiary/aromatic N) is 3. The van der Waals surface area contributed by atoms with Crippen LogP contribution in [0.3, 0.4) is 0 Å². The summed E-state index contributed by atoms with van der Waals surface area (Å²) in [6, 6.07) is 0. The lowest BCUT2D eigenvalue weighted by atomic mass is 9.96. The molecule has 4 nitrogen and oxygen atoms in total. The van der Waals surface area contributed by atoms with E-state index in [9.17, 15) is 4.79 Å². The number of Topliss-reactive ketones (excluding diaryl/α,β-unsaturated/α-hetero) is 1. The first-order valence-electron chi connectivity index (χ1n) is 12.2. The summed E-state index contributed by atoms with van der Waals surface area (Å²) in [6.45, 7) is 13.4. The van der Waals surface area contributed by atoms with Gasteiger partial charge in [0.15, 0.2) is 0 Å². The van der Waals surface area contributed by atoms with Gasteiger partial charge in [-0.3, -0.25) is 9.48 Å². The van der Waals surface area contributed by atoms with Crippen LogP contribution in [-0.2, 0) is 11.3 Å². The number of piperidine rings is 1. The first kappa shape index (κ1) is 24.1. The molecule has 1 aromatic heterocycles. The predicted octanol–water partition coefficient (Wildman–Crippen LogP) is 6.06. The lowest BCUT2D eigenvalue weighted by molar-refractivity contribution is -0.122. The Morgan fingerprint density at radius 1 is 1.00 bits per heavy atom. The van der Waals surface area contributed by atoms with Crippen molar-refractivity contribution in [3.05, 3.63) is 18.0 Å². The molecule has 4 heteroatoms. The van der Waals surface area contributed by atoms with Gasteiger partial charge >= 0.3 is 0 Å². The van der Waals surface area contributed by atoms with Crippen molar-refractivity contribution in [2.24, 2.45) is 11.8 Å². The maximum absolute atomic E-state index is 11.6. The maximum Gasteiger partial charge on any atom is 0.135 e. The summed E-state index contributed by atoms with van der Waals surface area (Å²) in [4.78, 5) is 14.3. The van der Waals surface area contributed by atoms with E-state index in [2.05, 4.69) is 34.7 Å². The highest BCUT2D eigenvalue weighted by molar-refractivity contribution is 5.80. The zero-order valence-electron chi connectivity index (χ0n) is 19.5. The summed E-state index contributed by atoms with van der Waals surface area (Å²) in [5.41, 5.74) is 1.35. The Hall–Kier alpha value is -1.16. The molecule has 2 heterocycles. The van der Waals surface area contributed by atoms with E-state index in [1.165, 1.54) is 76.6 Å². The van der Waals surface area contributed by atoms with Crippen molar-refractivity contribution in [2.75, 3.05) is 19.6 Å². The van der Waals surface area contributed by atoms with E-state index >= 15 is 0 Å². The van der Waals surface area contributed by atoms with Crippen molar-refractivity contribution >= 4 is 5.78 Å². The molecule has 0 aromatic carbocycles. The smallest absolute Gasteiger partial charge is 0.135 e. The van der Waals surface area contributed by atoms with Gasteiger partial charge in [0.1, 0.15) is 5.78 Å². The van der Waals surface area contributed by atoms with Crippen LogP contribution in [0.4, 0.5) is 0 Å². The molecule has 0 N–H and O–H groups in total. The first-order valence-corrected chi connectivity index (χ1v) is 12.2. The average Bonchev–Trinajstić information content (AvgIpc) is 3.16. The second-order valence-electron chi connectivity index (χ2n) is 9.78. The molecule has 0 unspecified atom stereocenters. The van der Waals surface area contributed by atoms with Gasteiger partial charge in [0, 0.05) is 25.1 Å². The van der Waals surface area contributed by atoms with Crippen molar-refractivity contribution in [3.8, 4) is 0 Å². The fraction of sp³-hybridized carbons (Fsp3) is 0.840. The van der Waals surface area contributed by atoms with Crippen LogP contribution in [0, 0.1) is 11.8 Å². The van der Waals surface area contributed by atoms with Crippen LogP contribution in [-0.4, -0.2) is 40.1 Å². The molecule has 1 aliphatic heterocycles. The molecule has 0 atom stereocenters. The minimum atomic E-state index is 0.211. The Labute approximate surface area is 179 Å². The van der Waals surface area contributed by atoms with Crippen molar-refractivity contribution in [3.63, 3.8) is 0 Å². The van der Waals surface area contributed by atoms with Crippen LogP contribution in [0.5, 0.6) is 0 Å². The van der Waals surface area contributed by atoms with Gasteiger partial charge in [-0.2, -0.15) is 5.10 Å². The van der Waals surface area contributed by atoms with Crippen LogP contribution >= 0.6 is 0 Å². The average molecular weight is 404 g/mol. The molecule has 0 spiro atoms. The summed E-state index contributed by atoms with van der Waals surface area (Å²) in [5.74, 6) is 2.00. The van der Waals surface area contributed by atoms with E-state index in [4.69, 9.17) is 0 Å². The summed E-state index contributed by atoms with van der Waals surface area (Å²) < 4.78 is 2.16. The third-order valence-electron chi connectivity index (χ3n) is 6.51. The summed E-state index contributed by atoms with van der Waals surface area (Å²) in [5, 5.41) is 4.55. The maximum atomic E-state index is 11.6.